The Morgan fingerprint density at radius 3 is 1.89 bits per heavy atom. The van der Waals surface area contributed by atoms with Crippen LogP contribution in [0.25, 0.3) is 0 Å². The lowest BCUT2D eigenvalue weighted by atomic mass is 10.0. The summed E-state index contributed by atoms with van der Waals surface area (Å²) in [5, 5.41) is 5.19. The molecule has 0 aliphatic heterocycles. The number of aromatic nitrogens is 1. The van der Waals surface area contributed by atoms with Crippen molar-refractivity contribution in [3.05, 3.63) is 63.9 Å². The molecule has 0 saturated heterocycles. The number of esters is 2. The van der Waals surface area contributed by atoms with Gasteiger partial charge in [-0.2, -0.15) is 0 Å². The van der Waals surface area contributed by atoms with E-state index in [9.17, 15) is 19.2 Å². The summed E-state index contributed by atoms with van der Waals surface area (Å²) in [6, 6.07) is 7.08. The number of hydrogen-bond donors (Lipinski definition) is 2. The molecule has 47 heavy (non-hydrogen) atoms. The number of nitrogens with one attached hydrogen (secondary N) is 2. The molecule has 2 rings (SSSR count). The van der Waals surface area contributed by atoms with Crippen LogP contribution in [0.1, 0.15) is 91.8 Å². The number of hydrogen-bond acceptors (Lipinski definition) is 9. The molecule has 2 N–H and O–H groups in total. The van der Waals surface area contributed by atoms with Gasteiger partial charge in [-0.3, -0.25) is 4.98 Å². The number of ether oxygens (including phenoxy) is 4. The van der Waals surface area contributed by atoms with Crippen molar-refractivity contribution in [3.63, 3.8) is 0 Å². The van der Waals surface area contributed by atoms with Crippen LogP contribution in [0.15, 0.2) is 47.2 Å². The van der Waals surface area contributed by atoms with Gasteiger partial charge in [-0.05, 0) is 102 Å². The lowest BCUT2D eigenvalue weighted by molar-refractivity contribution is -0.157. The maximum atomic E-state index is 13.1. The van der Waals surface area contributed by atoms with E-state index >= 15 is 0 Å². The normalized spacial score (nSPS) is 12.8. The molecule has 0 aliphatic carbocycles. The number of benzene rings is 1. The Bertz CT molecular complexity index is 1450. The molecule has 0 unspecified atom stereocenters. The molecule has 2 amide bonds. The van der Waals surface area contributed by atoms with E-state index in [2.05, 4.69) is 43.4 Å². The fraction of sp³-hybridized carbons (Fsp3) is 0.514. The second-order valence-corrected chi connectivity index (χ2v) is 14.6. The average Bonchev–Trinajstić information content (AvgIpc) is 2.92. The predicted octanol–water partition coefficient (Wildman–Crippen LogP) is 6.39. The van der Waals surface area contributed by atoms with Crippen LogP contribution in [-0.2, 0) is 41.6 Å². The first-order chi connectivity index (χ1) is 21.7. The van der Waals surface area contributed by atoms with Gasteiger partial charge in [0.1, 0.15) is 35.5 Å². The maximum Gasteiger partial charge on any atom is 0.408 e. The monoisotopic (exact) mass is 715 g/mol. The summed E-state index contributed by atoms with van der Waals surface area (Å²) in [5.41, 5.74) is -0.284. The van der Waals surface area contributed by atoms with Crippen molar-refractivity contribution in [1.82, 2.24) is 15.6 Å². The molecule has 1 aromatic heterocycles. The van der Waals surface area contributed by atoms with Crippen molar-refractivity contribution in [3.8, 4) is 11.8 Å². The van der Waals surface area contributed by atoms with E-state index in [1.807, 2.05) is 30.3 Å². The summed E-state index contributed by atoms with van der Waals surface area (Å²) < 4.78 is 22.3. The Kier molecular flexibility index (Phi) is 14.3. The van der Waals surface area contributed by atoms with Crippen molar-refractivity contribution in [2.24, 2.45) is 0 Å². The zero-order chi connectivity index (χ0) is 35.4. The van der Waals surface area contributed by atoms with Crippen LogP contribution in [0.3, 0.4) is 0 Å². The van der Waals surface area contributed by atoms with Crippen LogP contribution in [0.4, 0.5) is 9.59 Å². The molecule has 0 fully saturated rings. The smallest absolute Gasteiger partial charge is 0.408 e. The van der Waals surface area contributed by atoms with Gasteiger partial charge in [0, 0.05) is 24.4 Å². The summed E-state index contributed by atoms with van der Waals surface area (Å²) in [4.78, 5) is 55.4. The van der Waals surface area contributed by atoms with Gasteiger partial charge >= 0.3 is 24.1 Å². The molecule has 0 aliphatic rings. The van der Waals surface area contributed by atoms with Crippen molar-refractivity contribution in [1.29, 1.82) is 0 Å². The molecule has 2 aromatic rings. The molecular formula is C35H46BrN3O8. The minimum Gasteiger partial charge on any atom is -0.459 e. The van der Waals surface area contributed by atoms with Crippen molar-refractivity contribution < 1.29 is 38.1 Å². The van der Waals surface area contributed by atoms with Crippen LogP contribution in [0.2, 0.25) is 0 Å². The minimum atomic E-state index is -1.09. The second kappa shape index (κ2) is 17.2. The van der Waals surface area contributed by atoms with Crippen LogP contribution in [0.5, 0.6) is 0 Å². The van der Waals surface area contributed by atoms with Gasteiger partial charge < -0.3 is 29.6 Å². The molecule has 0 bridgehead atoms. The highest BCUT2D eigenvalue weighted by Gasteiger charge is 2.29. The van der Waals surface area contributed by atoms with Crippen molar-refractivity contribution >= 4 is 40.1 Å². The molecule has 0 radical (unpaired) electrons. The Morgan fingerprint density at radius 2 is 1.34 bits per heavy atom. The van der Waals surface area contributed by atoms with Crippen molar-refractivity contribution in [2.75, 3.05) is 0 Å². The van der Waals surface area contributed by atoms with Gasteiger partial charge in [0.15, 0.2) is 0 Å². The number of nitrogens with zero attached hydrogens (tertiary/aromatic N) is 1. The highest BCUT2D eigenvalue weighted by molar-refractivity contribution is 9.10. The summed E-state index contributed by atoms with van der Waals surface area (Å²) in [5.74, 6) is 4.74. The number of carbonyl (C=O) groups is 4. The Labute approximate surface area is 286 Å². The van der Waals surface area contributed by atoms with Gasteiger partial charge in [-0.1, -0.05) is 42.2 Å². The van der Waals surface area contributed by atoms with Crippen LogP contribution in [-0.4, -0.2) is 58.0 Å². The Hall–Kier alpha value is -4.11. The molecule has 1 aromatic carbocycles. The SMILES string of the molecule is CC(C)(C)OC(=O)N[C@@H](CCc1cncc(Br)c1C#CC[C@H](NC(=O)OC(C)(C)C)C(=O)OC(C)(C)C)C(=O)OCc1ccccc1. The van der Waals surface area contributed by atoms with E-state index in [0.717, 1.165) is 5.56 Å². The number of alkyl carbamates (subject to hydrolysis) is 2. The van der Waals surface area contributed by atoms with Crippen LogP contribution in [0, 0.1) is 11.8 Å². The number of aryl methyl sites for hydroxylation is 1. The summed E-state index contributed by atoms with van der Waals surface area (Å²) in [7, 11) is 0. The maximum absolute atomic E-state index is 13.1. The third-order valence-corrected chi connectivity index (χ3v) is 6.38. The standard InChI is InChI=1S/C35H46BrN3O8/c1-33(2,3)45-30(41)27(38-31(42)46-34(4,5)6)17-13-16-25-24(20-37-21-26(25)36)18-19-28(39-32(43)47-35(7,8)9)29(40)44-22-23-14-11-10-12-15-23/h10-12,14-15,20-21,27-28H,17-19,22H2,1-9H3,(H,38,42)(H,39,43)/t27-,28-/m0/s1. The number of pyridine rings is 1. The van der Waals surface area contributed by atoms with E-state index in [-0.39, 0.29) is 25.9 Å². The molecule has 0 saturated carbocycles. The number of rotatable bonds is 10. The quantitative estimate of drug-likeness (QED) is 0.163. The first-order valence-corrected chi connectivity index (χ1v) is 16.1. The van der Waals surface area contributed by atoms with E-state index in [4.69, 9.17) is 18.9 Å². The van der Waals surface area contributed by atoms with Gasteiger partial charge in [-0.25, -0.2) is 19.2 Å². The minimum absolute atomic E-state index is 0.0392. The fourth-order valence-corrected chi connectivity index (χ4v) is 4.36. The Balaban J connectivity index is 2.27. The van der Waals surface area contributed by atoms with Gasteiger partial charge in [-0.15, -0.1) is 0 Å². The Morgan fingerprint density at radius 1 is 0.787 bits per heavy atom. The molecule has 11 nitrogen and oxygen atoms in total. The summed E-state index contributed by atoms with van der Waals surface area (Å²) in [6.07, 6.45) is 2.02. The average molecular weight is 717 g/mol. The molecule has 2 atom stereocenters. The van der Waals surface area contributed by atoms with E-state index in [1.165, 1.54) is 0 Å². The predicted molar refractivity (Wildman–Crippen MR) is 180 cm³/mol. The van der Waals surface area contributed by atoms with E-state index in [1.54, 1.807) is 74.7 Å². The lowest BCUT2D eigenvalue weighted by Gasteiger charge is -2.25. The molecule has 0 spiro atoms. The first-order valence-electron chi connectivity index (χ1n) is 15.3. The third-order valence-electron chi connectivity index (χ3n) is 5.78. The zero-order valence-corrected chi connectivity index (χ0v) is 30.2. The highest BCUT2D eigenvalue weighted by Crippen LogP contribution is 2.21. The lowest BCUT2D eigenvalue weighted by Crippen LogP contribution is -2.45. The van der Waals surface area contributed by atoms with Gasteiger partial charge in [0.05, 0.1) is 4.47 Å². The highest BCUT2D eigenvalue weighted by atomic mass is 79.9. The third kappa shape index (κ3) is 15.8. The number of amides is 2. The number of carbonyl (C=O) groups excluding carboxylic acids is 4. The second-order valence-electron chi connectivity index (χ2n) is 13.7. The van der Waals surface area contributed by atoms with Crippen molar-refractivity contribution in [2.45, 2.75) is 117 Å². The zero-order valence-electron chi connectivity index (χ0n) is 28.6. The summed E-state index contributed by atoms with van der Waals surface area (Å²) >= 11 is 3.49. The van der Waals surface area contributed by atoms with Crippen LogP contribution >= 0.6 is 15.9 Å². The number of halogens is 1. The molecule has 1 heterocycles. The molecular weight excluding hydrogens is 670 g/mol. The largest absolute Gasteiger partial charge is 0.459 e. The van der Waals surface area contributed by atoms with Crippen LogP contribution < -0.4 is 10.6 Å². The fourth-order valence-electron chi connectivity index (χ4n) is 3.89. The topological polar surface area (TPSA) is 142 Å². The van der Waals surface area contributed by atoms with Gasteiger partial charge in [0.2, 0.25) is 0 Å². The van der Waals surface area contributed by atoms with E-state index < -0.39 is 53.0 Å². The first kappa shape index (κ1) is 39.1. The summed E-state index contributed by atoms with van der Waals surface area (Å²) in [6.45, 7) is 15.5. The van der Waals surface area contributed by atoms with Gasteiger partial charge in [0.25, 0.3) is 0 Å². The molecule has 256 valence electrons. The molecule has 12 heteroatoms. The van der Waals surface area contributed by atoms with E-state index in [0.29, 0.717) is 15.6 Å².